The fourth-order valence-electron chi connectivity index (χ4n) is 5.06. The molecule has 6 atom stereocenters. The van der Waals surface area contributed by atoms with Crippen LogP contribution in [0.4, 0.5) is 0 Å². The maximum Gasteiger partial charge on any atom is -0.0201 e. The summed E-state index contributed by atoms with van der Waals surface area (Å²) in [6, 6.07) is 0. The summed E-state index contributed by atoms with van der Waals surface area (Å²) in [4.78, 5) is 0. The Morgan fingerprint density at radius 3 is 1.36 bits per heavy atom. The van der Waals surface area contributed by atoms with E-state index in [0.29, 0.717) is 0 Å². The molecule has 2 heteroatoms. The van der Waals surface area contributed by atoms with Gasteiger partial charge in [-0.05, 0) is 72.5 Å². The highest BCUT2D eigenvalue weighted by atomic mass is 35.5. The lowest BCUT2D eigenvalue weighted by Gasteiger charge is -2.44. The van der Waals surface area contributed by atoms with E-state index in [4.69, 9.17) is 0 Å². The van der Waals surface area contributed by atoms with Crippen LogP contribution in [0.15, 0.2) is 0 Å². The normalized spacial score (nSPS) is 40.4. The predicted octanol–water partition coefficient (Wildman–Crippen LogP) is 7.01. The van der Waals surface area contributed by atoms with Crippen molar-refractivity contribution in [2.75, 3.05) is 0 Å². The molecular formula is C20H40ClP. The Bertz CT molecular complexity index is 285. The SMILES string of the molecule is CC1CCC(C(C)C)C(PC2CC(C)CCC2C(C)C)C1.Cl. The Labute approximate surface area is 148 Å². The molecule has 2 aliphatic rings. The topological polar surface area (TPSA) is 0 Å². The van der Waals surface area contributed by atoms with Crippen molar-refractivity contribution in [3.05, 3.63) is 0 Å². The predicted molar refractivity (Wildman–Crippen MR) is 106 cm³/mol. The van der Waals surface area contributed by atoms with Crippen LogP contribution in [-0.2, 0) is 0 Å². The van der Waals surface area contributed by atoms with Gasteiger partial charge in [-0.2, -0.15) is 0 Å². The van der Waals surface area contributed by atoms with Gasteiger partial charge in [0, 0.05) is 0 Å². The summed E-state index contributed by atoms with van der Waals surface area (Å²) < 4.78 is 0. The Morgan fingerprint density at radius 2 is 1.05 bits per heavy atom. The second-order valence-electron chi connectivity index (χ2n) is 9.03. The molecule has 6 unspecified atom stereocenters. The summed E-state index contributed by atoms with van der Waals surface area (Å²) in [5.41, 5.74) is 2.09. The maximum atomic E-state index is 2.50. The monoisotopic (exact) mass is 346 g/mol. The minimum absolute atomic E-state index is 0. The molecule has 2 rings (SSSR count). The van der Waals surface area contributed by atoms with Crippen LogP contribution in [0.2, 0.25) is 0 Å². The van der Waals surface area contributed by atoms with Crippen LogP contribution in [0.25, 0.3) is 0 Å². The Kier molecular flexibility index (Phi) is 8.75. The van der Waals surface area contributed by atoms with Crippen molar-refractivity contribution in [3.8, 4) is 0 Å². The molecule has 0 amide bonds. The highest BCUT2D eigenvalue weighted by Crippen LogP contribution is 2.51. The van der Waals surface area contributed by atoms with Crippen LogP contribution in [0.3, 0.4) is 0 Å². The van der Waals surface area contributed by atoms with E-state index in [0.717, 1.165) is 46.8 Å². The van der Waals surface area contributed by atoms with Gasteiger partial charge in [0.05, 0.1) is 0 Å². The van der Waals surface area contributed by atoms with Gasteiger partial charge >= 0.3 is 0 Å². The highest BCUT2D eigenvalue weighted by Gasteiger charge is 2.37. The molecule has 0 aromatic rings. The van der Waals surface area contributed by atoms with Crippen LogP contribution >= 0.6 is 21.0 Å². The first-order valence-corrected chi connectivity index (χ1v) is 10.8. The fraction of sp³-hybridized carbons (Fsp3) is 1.00. The Balaban J connectivity index is 0.00000242. The third-order valence-corrected chi connectivity index (χ3v) is 8.66. The molecule has 0 saturated heterocycles. The zero-order chi connectivity index (χ0) is 15.6. The molecule has 22 heavy (non-hydrogen) atoms. The summed E-state index contributed by atoms with van der Waals surface area (Å²) in [7, 11) is 1.25. The smallest absolute Gasteiger partial charge is 0.0201 e. The van der Waals surface area contributed by atoms with Crippen molar-refractivity contribution < 1.29 is 0 Å². The van der Waals surface area contributed by atoms with Gasteiger partial charge in [-0.15, -0.1) is 21.0 Å². The second-order valence-corrected chi connectivity index (χ2v) is 10.8. The molecule has 0 aliphatic heterocycles. The summed E-state index contributed by atoms with van der Waals surface area (Å²) in [6.07, 6.45) is 9.03. The first-order chi connectivity index (χ1) is 9.88. The zero-order valence-electron chi connectivity index (χ0n) is 15.8. The molecule has 0 bridgehead atoms. The fourth-order valence-corrected chi connectivity index (χ4v) is 8.29. The van der Waals surface area contributed by atoms with E-state index in [9.17, 15) is 0 Å². The van der Waals surface area contributed by atoms with Gasteiger partial charge in [-0.25, -0.2) is 0 Å². The summed E-state index contributed by atoms with van der Waals surface area (Å²) in [5.74, 6) is 5.79. The van der Waals surface area contributed by atoms with Gasteiger partial charge < -0.3 is 0 Å². The number of rotatable bonds is 4. The second kappa shape index (κ2) is 9.27. The standard InChI is InChI=1S/C20H39P.ClH/c1-13(2)17-9-7-15(5)11-19(17)21-20-12-16(6)8-10-18(20)14(3)4;/h13-21H,7-12H2,1-6H3;1H. The Morgan fingerprint density at radius 1 is 0.682 bits per heavy atom. The van der Waals surface area contributed by atoms with E-state index in [1.54, 1.807) is 0 Å². The maximum absolute atomic E-state index is 2.50. The van der Waals surface area contributed by atoms with Gasteiger partial charge in [-0.1, -0.05) is 54.4 Å². The summed E-state index contributed by atoms with van der Waals surface area (Å²) in [6.45, 7) is 14.9. The van der Waals surface area contributed by atoms with E-state index in [1.807, 2.05) is 0 Å². The first-order valence-electron chi connectivity index (χ1n) is 9.64. The minimum Gasteiger partial charge on any atom is -0.147 e. The van der Waals surface area contributed by atoms with Gasteiger partial charge in [-0.3, -0.25) is 0 Å². The number of hydrogen-bond acceptors (Lipinski definition) is 0. The van der Waals surface area contributed by atoms with Crippen LogP contribution in [0.5, 0.6) is 0 Å². The largest absolute Gasteiger partial charge is 0.147 e. The van der Waals surface area contributed by atoms with Crippen LogP contribution in [-0.4, -0.2) is 11.3 Å². The molecule has 0 aromatic heterocycles. The molecule has 0 heterocycles. The van der Waals surface area contributed by atoms with E-state index in [2.05, 4.69) is 41.5 Å². The van der Waals surface area contributed by atoms with E-state index < -0.39 is 0 Å². The molecule has 0 radical (unpaired) electrons. The molecule has 0 spiro atoms. The Hall–Kier alpha value is 0.720. The molecule has 132 valence electrons. The quantitative estimate of drug-likeness (QED) is 0.480. The van der Waals surface area contributed by atoms with Crippen molar-refractivity contribution in [1.82, 2.24) is 0 Å². The number of hydrogen-bond donors (Lipinski definition) is 0. The zero-order valence-corrected chi connectivity index (χ0v) is 17.6. The third-order valence-electron chi connectivity index (χ3n) is 6.47. The van der Waals surface area contributed by atoms with Gasteiger partial charge in [0.2, 0.25) is 0 Å². The molecule has 0 nitrogen and oxygen atoms in total. The lowest BCUT2D eigenvalue weighted by atomic mass is 9.76. The van der Waals surface area contributed by atoms with E-state index in [-0.39, 0.29) is 12.4 Å². The molecule has 2 fully saturated rings. The number of halogens is 1. The summed E-state index contributed by atoms with van der Waals surface area (Å²) >= 11 is 0. The average Bonchev–Trinajstić information content (AvgIpc) is 2.38. The molecule has 2 aliphatic carbocycles. The lowest BCUT2D eigenvalue weighted by Crippen LogP contribution is -2.35. The van der Waals surface area contributed by atoms with Crippen LogP contribution in [0, 0.1) is 35.5 Å². The van der Waals surface area contributed by atoms with E-state index in [1.165, 1.54) is 47.1 Å². The van der Waals surface area contributed by atoms with Crippen molar-refractivity contribution in [1.29, 1.82) is 0 Å². The van der Waals surface area contributed by atoms with Crippen molar-refractivity contribution >= 4 is 21.0 Å². The molecular weight excluding hydrogens is 307 g/mol. The third kappa shape index (κ3) is 5.37. The molecule has 0 aromatic carbocycles. The van der Waals surface area contributed by atoms with Crippen LogP contribution in [0.1, 0.15) is 80.1 Å². The van der Waals surface area contributed by atoms with Gasteiger partial charge in [0.1, 0.15) is 0 Å². The van der Waals surface area contributed by atoms with Crippen LogP contribution < -0.4 is 0 Å². The highest BCUT2D eigenvalue weighted by molar-refractivity contribution is 7.39. The van der Waals surface area contributed by atoms with Crippen molar-refractivity contribution in [2.24, 2.45) is 35.5 Å². The first kappa shape index (κ1) is 20.8. The van der Waals surface area contributed by atoms with Gasteiger partial charge in [0.15, 0.2) is 0 Å². The van der Waals surface area contributed by atoms with Gasteiger partial charge in [0.25, 0.3) is 0 Å². The van der Waals surface area contributed by atoms with Crippen molar-refractivity contribution in [3.63, 3.8) is 0 Å². The van der Waals surface area contributed by atoms with E-state index >= 15 is 0 Å². The molecule has 2 saturated carbocycles. The lowest BCUT2D eigenvalue weighted by molar-refractivity contribution is 0.226. The summed E-state index contributed by atoms with van der Waals surface area (Å²) in [5, 5.41) is 0. The minimum atomic E-state index is 0. The molecule has 0 N–H and O–H groups in total. The van der Waals surface area contributed by atoms with Crippen molar-refractivity contribution in [2.45, 2.75) is 91.4 Å². The average molecular weight is 347 g/mol.